The lowest BCUT2D eigenvalue weighted by molar-refractivity contribution is 0.0690. The molecular formula is C12H20N4O2. The van der Waals surface area contributed by atoms with Gasteiger partial charge < -0.3 is 5.11 Å². The Morgan fingerprint density at radius 3 is 2.83 bits per heavy atom. The topological polar surface area (TPSA) is 71.2 Å². The van der Waals surface area contributed by atoms with Crippen molar-refractivity contribution >= 4 is 5.97 Å². The van der Waals surface area contributed by atoms with E-state index in [0.717, 1.165) is 19.1 Å². The van der Waals surface area contributed by atoms with Gasteiger partial charge in [0.2, 0.25) is 0 Å². The predicted molar refractivity (Wildman–Crippen MR) is 66.4 cm³/mol. The van der Waals surface area contributed by atoms with E-state index in [9.17, 15) is 4.79 Å². The van der Waals surface area contributed by atoms with Gasteiger partial charge in [-0.1, -0.05) is 19.1 Å². The molecule has 1 saturated carbocycles. The molecule has 6 heteroatoms. The molecule has 1 aliphatic carbocycles. The van der Waals surface area contributed by atoms with Gasteiger partial charge in [0.05, 0.1) is 12.7 Å². The first kappa shape index (κ1) is 13.0. The van der Waals surface area contributed by atoms with E-state index in [-0.39, 0.29) is 5.69 Å². The van der Waals surface area contributed by atoms with Crippen LogP contribution in [-0.2, 0) is 6.54 Å². The summed E-state index contributed by atoms with van der Waals surface area (Å²) >= 11 is 0. The molecule has 0 atom stereocenters. The van der Waals surface area contributed by atoms with Crippen molar-refractivity contribution in [1.82, 2.24) is 19.9 Å². The smallest absolute Gasteiger partial charge is 0.358 e. The maximum Gasteiger partial charge on any atom is 0.358 e. The van der Waals surface area contributed by atoms with Crippen LogP contribution in [0.25, 0.3) is 0 Å². The second-order valence-electron chi connectivity index (χ2n) is 5.29. The number of carboxylic acid groups (broad SMARTS) is 1. The summed E-state index contributed by atoms with van der Waals surface area (Å²) in [5.74, 6) is -0.376. The number of hydrogen-bond acceptors (Lipinski definition) is 4. The largest absolute Gasteiger partial charge is 0.476 e. The molecule has 1 heterocycles. The molecular weight excluding hydrogens is 232 g/mol. The standard InChI is InChI=1S/C12H20N4O2/c1-9(2)7-15(10-3-4-10)5-6-16-8-11(12(17)18)13-14-16/h8-10H,3-7H2,1-2H3,(H,17,18). The minimum atomic E-state index is -1.03. The van der Waals surface area contributed by atoms with Crippen molar-refractivity contribution < 1.29 is 9.90 Å². The average Bonchev–Trinajstić information content (AvgIpc) is 3.02. The van der Waals surface area contributed by atoms with Crippen molar-refractivity contribution in [1.29, 1.82) is 0 Å². The Balaban J connectivity index is 1.86. The van der Waals surface area contributed by atoms with Crippen molar-refractivity contribution in [2.24, 2.45) is 5.92 Å². The van der Waals surface area contributed by atoms with Gasteiger partial charge in [0.25, 0.3) is 0 Å². The van der Waals surface area contributed by atoms with E-state index in [4.69, 9.17) is 5.11 Å². The maximum absolute atomic E-state index is 10.7. The molecule has 1 aromatic heterocycles. The Labute approximate surface area is 107 Å². The van der Waals surface area contributed by atoms with Crippen molar-refractivity contribution in [2.45, 2.75) is 39.3 Å². The summed E-state index contributed by atoms with van der Waals surface area (Å²) in [6, 6.07) is 0.717. The molecule has 0 radical (unpaired) electrons. The first-order valence-electron chi connectivity index (χ1n) is 6.43. The zero-order chi connectivity index (χ0) is 13.1. The van der Waals surface area contributed by atoms with E-state index in [1.165, 1.54) is 19.0 Å². The summed E-state index contributed by atoms with van der Waals surface area (Å²) in [5.41, 5.74) is 0.0110. The number of nitrogens with zero attached hydrogens (tertiary/aromatic N) is 4. The van der Waals surface area contributed by atoms with Crippen LogP contribution in [0.4, 0.5) is 0 Å². The molecule has 6 nitrogen and oxygen atoms in total. The minimum absolute atomic E-state index is 0.0110. The van der Waals surface area contributed by atoms with Crippen LogP contribution in [0, 0.1) is 5.92 Å². The molecule has 1 N–H and O–H groups in total. The molecule has 0 amide bonds. The monoisotopic (exact) mass is 252 g/mol. The van der Waals surface area contributed by atoms with Crippen LogP contribution < -0.4 is 0 Å². The SMILES string of the molecule is CC(C)CN(CCn1cc(C(=O)O)nn1)C1CC1. The molecule has 18 heavy (non-hydrogen) atoms. The number of carbonyl (C=O) groups is 1. The van der Waals surface area contributed by atoms with Crippen LogP contribution in [0.1, 0.15) is 37.2 Å². The Morgan fingerprint density at radius 1 is 1.61 bits per heavy atom. The van der Waals surface area contributed by atoms with Crippen molar-refractivity contribution in [2.75, 3.05) is 13.1 Å². The van der Waals surface area contributed by atoms with E-state index in [2.05, 4.69) is 29.1 Å². The van der Waals surface area contributed by atoms with Crippen LogP contribution in [-0.4, -0.2) is 50.1 Å². The van der Waals surface area contributed by atoms with Crippen molar-refractivity contribution in [3.8, 4) is 0 Å². The van der Waals surface area contributed by atoms with E-state index in [1.807, 2.05) is 0 Å². The highest BCUT2D eigenvalue weighted by atomic mass is 16.4. The maximum atomic E-state index is 10.7. The van der Waals surface area contributed by atoms with E-state index in [0.29, 0.717) is 12.5 Å². The van der Waals surface area contributed by atoms with Crippen LogP contribution in [0.2, 0.25) is 0 Å². The molecule has 0 aromatic carbocycles. The first-order chi connectivity index (χ1) is 8.56. The molecule has 0 bridgehead atoms. The fraction of sp³-hybridized carbons (Fsp3) is 0.750. The molecule has 1 aliphatic rings. The fourth-order valence-electron chi connectivity index (χ4n) is 2.07. The van der Waals surface area contributed by atoms with Gasteiger partial charge in [-0.25, -0.2) is 4.79 Å². The van der Waals surface area contributed by atoms with Crippen LogP contribution >= 0.6 is 0 Å². The van der Waals surface area contributed by atoms with Crippen molar-refractivity contribution in [3.63, 3.8) is 0 Å². The molecule has 2 rings (SSSR count). The Morgan fingerprint density at radius 2 is 2.33 bits per heavy atom. The van der Waals surface area contributed by atoms with Gasteiger partial charge in [0, 0.05) is 19.1 Å². The summed E-state index contributed by atoms with van der Waals surface area (Å²) in [4.78, 5) is 13.2. The molecule has 1 aromatic rings. The van der Waals surface area contributed by atoms with E-state index in [1.54, 1.807) is 4.68 Å². The summed E-state index contributed by atoms with van der Waals surface area (Å²) in [7, 11) is 0. The van der Waals surface area contributed by atoms with Gasteiger partial charge in [-0.15, -0.1) is 5.10 Å². The van der Waals surface area contributed by atoms with Gasteiger partial charge in [0.15, 0.2) is 5.69 Å². The zero-order valence-electron chi connectivity index (χ0n) is 10.9. The summed E-state index contributed by atoms with van der Waals surface area (Å²) in [6.07, 6.45) is 4.05. The van der Waals surface area contributed by atoms with Gasteiger partial charge in [-0.3, -0.25) is 9.58 Å². The highest BCUT2D eigenvalue weighted by molar-refractivity contribution is 5.84. The van der Waals surface area contributed by atoms with Gasteiger partial charge >= 0.3 is 5.97 Å². The third-order valence-electron chi connectivity index (χ3n) is 3.04. The third-order valence-corrected chi connectivity index (χ3v) is 3.04. The number of rotatable bonds is 7. The average molecular weight is 252 g/mol. The molecule has 1 fully saturated rings. The van der Waals surface area contributed by atoms with Crippen LogP contribution in [0.3, 0.4) is 0 Å². The van der Waals surface area contributed by atoms with E-state index >= 15 is 0 Å². The zero-order valence-corrected chi connectivity index (χ0v) is 10.9. The Bertz CT molecular complexity index is 412. The van der Waals surface area contributed by atoms with E-state index < -0.39 is 5.97 Å². The molecule has 0 unspecified atom stereocenters. The molecule has 0 aliphatic heterocycles. The van der Waals surface area contributed by atoms with Gasteiger partial charge in [0.1, 0.15) is 0 Å². The number of aromatic nitrogens is 3. The highest BCUT2D eigenvalue weighted by Crippen LogP contribution is 2.27. The Kier molecular flexibility index (Phi) is 3.96. The predicted octanol–water partition coefficient (Wildman–Crippen LogP) is 1.10. The van der Waals surface area contributed by atoms with Crippen LogP contribution in [0.5, 0.6) is 0 Å². The lowest BCUT2D eigenvalue weighted by Gasteiger charge is -2.23. The number of hydrogen-bond donors (Lipinski definition) is 1. The lowest BCUT2D eigenvalue weighted by atomic mass is 10.2. The summed E-state index contributed by atoms with van der Waals surface area (Å²) in [6.45, 7) is 7.13. The number of aromatic carboxylic acids is 1. The summed E-state index contributed by atoms with van der Waals surface area (Å²) < 4.78 is 1.61. The lowest BCUT2D eigenvalue weighted by Crippen LogP contribution is -2.33. The molecule has 0 spiro atoms. The number of carboxylic acids is 1. The van der Waals surface area contributed by atoms with Gasteiger partial charge in [-0.2, -0.15) is 0 Å². The second kappa shape index (κ2) is 5.48. The normalized spacial score (nSPS) is 15.6. The highest BCUT2D eigenvalue weighted by Gasteiger charge is 2.28. The molecule has 100 valence electrons. The minimum Gasteiger partial charge on any atom is -0.476 e. The van der Waals surface area contributed by atoms with Gasteiger partial charge in [-0.05, 0) is 18.8 Å². The second-order valence-corrected chi connectivity index (χ2v) is 5.29. The Hall–Kier alpha value is -1.43. The molecule has 0 saturated heterocycles. The quantitative estimate of drug-likeness (QED) is 0.786. The third kappa shape index (κ3) is 3.53. The summed E-state index contributed by atoms with van der Waals surface area (Å²) in [5, 5.41) is 16.2. The van der Waals surface area contributed by atoms with Crippen LogP contribution in [0.15, 0.2) is 6.20 Å². The fourth-order valence-corrected chi connectivity index (χ4v) is 2.07. The first-order valence-corrected chi connectivity index (χ1v) is 6.43. The van der Waals surface area contributed by atoms with Crippen molar-refractivity contribution in [3.05, 3.63) is 11.9 Å².